The van der Waals surface area contributed by atoms with Crippen LogP contribution in [0.4, 0.5) is 5.69 Å². The number of hydrogen-bond donors (Lipinski definition) is 1. The second-order valence-corrected chi connectivity index (χ2v) is 10.2. The molecule has 0 unspecified atom stereocenters. The van der Waals surface area contributed by atoms with E-state index < -0.39 is 22.5 Å². The Morgan fingerprint density at radius 1 is 0.861 bits per heavy atom. The fourth-order valence-electron chi connectivity index (χ4n) is 3.86. The highest BCUT2D eigenvalue weighted by atomic mass is 32.2. The minimum absolute atomic E-state index is 0.0697. The average molecular weight is 505 g/mol. The van der Waals surface area contributed by atoms with Crippen LogP contribution in [0.2, 0.25) is 0 Å². The lowest BCUT2D eigenvalue weighted by Crippen LogP contribution is -2.40. The number of nitrogens with one attached hydrogen (secondary N) is 1. The molecule has 4 rings (SSSR count). The van der Waals surface area contributed by atoms with Gasteiger partial charge in [0.2, 0.25) is 5.91 Å². The first kappa shape index (κ1) is 25.1. The van der Waals surface area contributed by atoms with Gasteiger partial charge in [0.15, 0.2) is 0 Å². The third-order valence-corrected chi connectivity index (χ3v) is 7.63. The molecule has 4 aromatic rings. The second-order valence-electron chi connectivity index (χ2n) is 8.32. The number of nitrogens with zero attached hydrogens (tertiary/aromatic N) is 1. The first-order valence-corrected chi connectivity index (χ1v) is 12.8. The minimum atomic E-state index is -4.10. The Morgan fingerprint density at radius 3 is 2.28 bits per heavy atom. The third-order valence-electron chi connectivity index (χ3n) is 5.85. The van der Waals surface area contributed by atoms with Crippen molar-refractivity contribution in [3.05, 3.63) is 96.1 Å². The van der Waals surface area contributed by atoms with Gasteiger partial charge in [-0.1, -0.05) is 54.1 Å². The maximum atomic E-state index is 13.7. The Labute approximate surface area is 211 Å². The molecule has 0 aromatic heterocycles. The summed E-state index contributed by atoms with van der Waals surface area (Å²) < 4.78 is 39.2. The first-order chi connectivity index (χ1) is 17.3. The molecule has 0 aliphatic rings. The molecule has 0 radical (unpaired) electrons. The normalized spacial score (nSPS) is 11.2. The van der Waals surface area contributed by atoms with Crippen LogP contribution in [-0.2, 0) is 21.4 Å². The van der Waals surface area contributed by atoms with Crippen molar-refractivity contribution in [2.24, 2.45) is 0 Å². The van der Waals surface area contributed by atoms with Crippen molar-refractivity contribution < 1.29 is 22.7 Å². The van der Waals surface area contributed by atoms with Gasteiger partial charge in [-0.05, 0) is 53.6 Å². The summed E-state index contributed by atoms with van der Waals surface area (Å²) in [5, 5.41) is 5.01. The van der Waals surface area contributed by atoms with E-state index in [9.17, 15) is 13.2 Å². The van der Waals surface area contributed by atoms with Crippen molar-refractivity contribution in [2.75, 3.05) is 25.1 Å². The lowest BCUT2D eigenvalue weighted by molar-refractivity contribution is -0.119. The zero-order chi connectivity index (χ0) is 25.7. The molecule has 1 N–H and O–H groups in total. The van der Waals surface area contributed by atoms with E-state index >= 15 is 0 Å². The molecule has 0 heterocycles. The van der Waals surface area contributed by atoms with E-state index in [1.165, 1.54) is 26.4 Å². The summed E-state index contributed by atoms with van der Waals surface area (Å²) in [6.07, 6.45) is 0. The maximum absolute atomic E-state index is 13.7. The van der Waals surface area contributed by atoms with Crippen LogP contribution in [0.3, 0.4) is 0 Å². The predicted molar refractivity (Wildman–Crippen MR) is 141 cm³/mol. The Balaban J connectivity index is 1.64. The quantitative estimate of drug-likeness (QED) is 0.358. The standard InChI is InChI=1S/C28H28N2O5S/c1-20-8-13-25(14-9-20)36(32,33)30(26-17-24(34-2)12-15-27(26)35-3)19-28(31)29-18-21-10-11-22-6-4-5-7-23(22)16-21/h4-17H,18-19H2,1-3H3,(H,29,31). The zero-order valence-corrected chi connectivity index (χ0v) is 21.2. The number of carbonyl (C=O) groups is 1. The summed E-state index contributed by atoms with van der Waals surface area (Å²) in [5.74, 6) is 0.281. The first-order valence-electron chi connectivity index (χ1n) is 11.4. The molecule has 0 fully saturated rings. The van der Waals surface area contributed by atoms with Crippen molar-refractivity contribution in [1.82, 2.24) is 5.32 Å². The smallest absolute Gasteiger partial charge is 0.264 e. The molecule has 7 nitrogen and oxygen atoms in total. The molecule has 0 saturated carbocycles. The number of aryl methyl sites for hydroxylation is 1. The summed E-state index contributed by atoms with van der Waals surface area (Å²) in [4.78, 5) is 13.1. The van der Waals surface area contributed by atoms with Crippen LogP contribution in [0.1, 0.15) is 11.1 Å². The number of anilines is 1. The Hall–Kier alpha value is -4.04. The Morgan fingerprint density at radius 2 is 1.58 bits per heavy atom. The van der Waals surface area contributed by atoms with Crippen LogP contribution in [0.15, 0.2) is 89.8 Å². The van der Waals surface area contributed by atoms with E-state index in [0.717, 1.165) is 26.2 Å². The minimum Gasteiger partial charge on any atom is -0.497 e. The zero-order valence-electron chi connectivity index (χ0n) is 20.4. The summed E-state index contributed by atoms with van der Waals surface area (Å²) in [7, 11) is -1.17. The van der Waals surface area contributed by atoms with Crippen LogP contribution in [0, 0.1) is 6.92 Å². The second kappa shape index (κ2) is 10.7. The number of fused-ring (bicyclic) bond motifs is 1. The molecule has 0 saturated heterocycles. The molecular weight excluding hydrogens is 476 g/mol. The SMILES string of the molecule is COc1ccc(OC)c(N(CC(=O)NCc2ccc3ccccc3c2)S(=O)(=O)c2ccc(C)cc2)c1. The number of rotatable bonds is 9. The van der Waals surface area contributed by atoms with Crippen molar-refractivity contribution in [3.8, 4) is 11.5 Å². The monoisotopic (exact) mass is 504 g/mol. The topological polar surface area (TPSA) is 84.9 Å². The number of benzene rings is 4. The molecule has 0 bridgehead atoms. The average Bonchev–Trinajstić information content (AvgIpc) is 2.90. The molecule has 186 valence electrons. The molecule has 1 amide bonds. The van der Waals surface area contributed by atoms with Gasteiger partial charge in [-0.25, -0.2) is 8.42 Å². The summed E-state index contributed by atoms with van der Waals surface area (Å²) in [6.45, 7) is 1.70. The van der Waals surface area contributed by atoms with Crippen molar-refractivity contribution >= 4 is 32.4 Å². The van der Waals surface area contributed by atoms with Gasteiger partial charge in [-0.3, -0.25) is 9.10 Å². The largest absolute Gasteiger partial charge is 0.497 e. The Kier molecular flexibility index (Phi) is 7.45. The van der Waals surface area contributed by atoms with Gasteiger partial charge in [-0.2, -0.15) is 0 Å². The number of sulfonamides is 1. The van der Waals surface area contributed by atoms with E-state index in [4.69, 9.17) is 9.47 Å². The van der Waals surface area contributed by atoms with Gasteiger partial charge in [0, 0.05) is 12.6 Å². The van der Waals surface area contributed by atoms with Gasteiger partial charge in [-0.15, -0.1) is 0 Å². The summed E-state index contributed by atoms with van der Waals surface area (Å²) >= 11 is 0. The van der Waals surface area contributed by atoms with Crippen molar-refractivity contribution in [3.63, 3.8) is 0 Å². The van der Waals surface area contributed by atoms with Crippen LogP contribution in [0.5, 0.6) is 11.5 Å². The fraction of sp³-hybridized carbons (Fsp3) is 0.179. The molecular formula is C28H28N2O5S. The molecule has 0 aliphatic heterocycles. The molecule has 0 spiro atoms. The van der Waals surface area contributed by atoms with Crippen LogP contribution in [-0.4, -0.2) is 35.1 Å². The number of methoxy groups -OCH3 is 2. The summed E-state index contributed by atoms with van der Waals surface area (Å²) in [5.41, 5.74) is 2.04. The van der Waals surface area contributed by atoms with E-state index in [1.807, 2.05) is 49.4 Å². The van der Waals surface area contributed by atoms with E-state index in [2.05, 4.69) is 5.32 Å². The third kappa shape index (κ3) is 5.44. The van der Waals surface area contributed by atoms with E-state index in [-0.39, 0.29) is 17.1 Å². The van der Waals surface area contributed by atoms with Crippen LogP contribution < -0.4 is 19.1 Å². The lowest BCUT2D eigenvalue weighted by Gasteiger charge is -2.26. The molecule has 8 heteroatoms. The highest BCUT2D eigenvalue weighted by Gasteiger charge is 2.30. The maximum Gasteiger partial charge on any atom is 0.264 e. The van der Waals surface area contributed by atoms with E-state index in [0.29, 0.717) is 11.5 Å². The lowest BCUT2D eigenvalue weighted by atomic mass is 10.1. The van der Waals surface area contributed by atoms with Gasteiger partial charge in [0.25, 0.3) is 10.0 Å². The van der Waals surface area contributed by atoms with Crippen LogP contribution in [0.25, 0.3) is 10.8 Å². The van der Waals surface area contributed by atoms with Crippen molar-refractivity contribution in [2.45, 2.75) is 18.4 Å². The highest BCUT2D eigenvalue weighted by Crippen LogP contribution is 2.35. The van der Waals surface area contributed by atoms with Gasteiger partial charge in [0.05, 0.1) is 24.8 Å². The fourth-order valence-corrected chi connectivity index (χ4v) is 5.29. The van der Waals surface area contributed by atoms with E-state index in [1.54, 1.807) is 30.3 Å². The van der Waals surface area contributed by atoms with Crippen molar-refractivity contribution in [1.29, 1.82) is 0 Å². The molecule has 0 aliphatic carbocycles. The number of carbonyl (C=O) groups excluding carboxylic acids is 1. The highest BCUT2D eigenvalue weighted by molar-refractivity contribution is 7.92. The van der Waals surface area contributed by atoms with Gasteiger partial charge < -0.3 is 14.8 Å². The number of ether oxygens (including phenoxy) is 2. The number of hydrogen-bond acceptors (Lipinski definition) is 5. The predicted octanol–water partition coefficient (Wildman–Crippen LogP) is 4.68. The van der Waals surface area contributed by atoms with Gasteiger partial charge in [0.1, 0.15) is 18.0 Å². The number of amides is 1. The summed E-state index contributed by atoms with van der Waals surface area (Å²) in [6, 6.07) is 25.2. The molecule has 36 heavy (non-hydrogen) atoms. The Bertz CT molecular complexity index is 1480. The van der Waals surface area contributed by atoms with Gasteiger partial charge >= 0.3 is 0 Å². The molecule has 0 atom stereocenters. The van der Waals surface area contributed by atoms with Crippen LogP contribution >= 0.6 is 0 Å². The molecule has 4 aromatic carbocycles.